The number of carbonyl (C=O) groups excluding carboxylic acids is 1. The summed E-state index contributed by atoms with van der Waals surface area (Å²) in [6, 6.07) is 9.18. The van der Waals surface area contributed by atoms with E-state index in [0.717, 1.165) is 17.5 Å². The Labute approximate surface area is 112 Å². The number of aldehydes is 1. The van der Waals surface area contributed by atoms with Crippen LogP contribution in [0.25, 0.3) is 11.3 Å². The van der Waals surface area contributed by atoms with Crippen molar-refractivity contribution in [1.82, 2.24) is 4.98 Å². The Morgan fingerprint density at radius 1 is 1.05 bits per heavy atom. The van der Waals surface area contributed by atoms with Crippen molar-refractivity contribution >= 4 is 6.29 Å². The lowest BCUT2D eigenvalue weighted by atomic mass is 10.1. The highest BCUT2D eigenvalue weighted by molar-refractivity contribution is 5.77. The molecule has 0 aliphatic heterocycles. The lowest BCUT2D eigenvalue weighted by Gasteiger charge is -2.10. The molecule has 0 spiro atoms. The zero-order valence-electron chi connectivity index (χ0n) is 11.1. The number of benzene rings is 1. The van der Waals surface area contributed by atoms with Crippen LogP contribution in [0.1, 0.15) is 16.1 Å². The minimum atomic E-state index is 0.601. The zero-order chi connectivity index (χ0) is 13.8. The molecule has 0 atom stereocenters. The third-order valence-electron chi connectivity index (χ3n) is 2.93. The number of aryl methyl sites for hydroxylation is 1. The Morgan fingerprint density at radius 3 is 2.37 bits per heavy atom. The van der Waals surface area contributed by atoms with Gasteiger partial charge >= 0.3 is 0 Å². The summed E-state index contributed by atoms with van der Waals surface area (Å²) in [5.74, 6) is 1.33. The van der Waals surface area contributed by atoms with Crippen LogP contribution in [0.2, 0.25) is 0 Å². The van der Waals surface area contributed by atoms with E-state index in [0.29, 0.717) is 22.8 Å². The van der Waals surface area contributed by atoms with E-state index in [1.54, 1.807) is 20.3 Å². The van der Waals surface area contributed by atoms with Crippen molar-refractivity contribution in [2.75, 3.05) is 14.2 Å². The van der Waals surface area contributed by atoms with Crippen LogP contribution >= 0.6 is 0 Å². The number of aromatic nitrogens is 1. The van der Waals surface area contributed by atoms with Gasteiger partial charge in [0.2, 0.25) is 0 Å². The fourth-order valence-corrected chi connectivity index (χ4v) is 1.85. The van der Waals surface area contributed by atoms with Gasteiger partial charge in [0.05, 0.1) is 19.9 Å². The molecule has 4 nitrogen and oxygen atoms in total. The van der Waals surface area contributed by atoms with E-state index in [4.69, 9.17) is 9.47 Å². The summed E-state index contributed by atoms with van der Waals surface area (Å²) < 4.78 is 10.5. The molecule has 1 aromatic heterocycles. The van der Waals surface area contributed by atoms with Crippen LogP contribution in [0, 0.1) is 6.92 Å². The summed E-state index contributed by atoms with van der Waals surface area (Å²) in [7, 11) is 3.19. The van der Waals surface area contributed by atoms with Crippen LogP contribution in [0.4, 0.5) is 0 Å². The molecule has 0 saturated heterocycles. The first-order valence-corrected chi connectivity index (χ1v) is 5.85. The zero-order valence-corrected chi connectivity index (χ0v) is 11.1. The second kappa shape index (κ2) is 5.52. The maximum Gasteiger partial charge on any atom is 0.161 e. The topological polar surface area (TPSA) is 48.4 Å². The van der Waals surface area contributed by atoms with Gasteiger partial charge in [-0.3, -0.25) is 9.78 Å². The van der Waals surface area contributed by atoms with Crippen LogP contribution in [0.5, 0.6) is 11.5 Å². The molecule has 0 aliphatic carbocycles. The number of rotatable bonds is 4. The Balaban J connectivity index is 2.47. The van der Waals surface area contributed by atoms with Crippen molar-refractivity contribution in [3.8, 4) is 22.8 Å². The molecule has 0 unspecified atom stereocenters. The molecule has 0 radical (unpaired) electrons. The van der Waals surface area contributed by atoms with Gasteiger partial charge in [0.25, 0.3) is 0 Å². The molecule has 19 heavy (non-hydrogen) atoms. The molecule has 4 heteroatoms. The maximum absolute atomic E-state index is 10.8. The molecule has 1 heterocycles. The summed E-state index contributed by atoms with van der Waals surface area (Å²) in [5.41, 5.74) is 3.02. The van der Waals surface area contributed by atoms with Crippen molar-refractivity contribution in [3.05, 3.63) is 41.6 Å². The Hall–Kier alpha value is -2.36. The number of carbonyl (C=O) groups is 1. The average molecular weight is 257 g/mol. The third kappa shape index (κ3) is 2.57. The average Bonchev–Trinajstić information content (AvgIpc) is 2.46. The summed E-state index contributed by atoms with van der Waals surface area (Å²) in [6.45, 7) is 1.81. The van der Waals surface area contributed by atoms with Gasteiger partial charge in [-0.25, -0.2) is 0 Å². The Morgan fingerprint density at radius 2 is 1.79 bits per heavy atom. The summed E-state index contributed by atoms with van der Waals surface area (Å²) in [4.78, 5) is 15.2. The molecule has 0 amide bonds. The lowest BCUT2D eigenvalue weighted by molar-refractivity contribution is 0.112. The summed E-state index contributed by atoms with van der Waals surface area (Å²) >= 11 is 0. The fraction of sp³-hybridized carbons (Fsp3) is 0.200. The second-order valence-electron chi connectivity index (χ2n) is 4.06. The summed E-state index contributed by atoms with van der Waals surface area (Å²) in [6.07, 6.45) is 0.806. The predicted octanol–water partition coefficient (Wildman–Crippen LogP) is 2.89. The molecule has 98 valence electrons. The van der Waals surface area contributed by atoms with Gasteiger partial charge in [-0.1, -0.05) is 0 Å². The van der Waals surface area contributed by atoms with Gasteiger partial charge < -0.3 is 9.47 Å². The monoisotopic (exact) mass is 257 g/mol. The van der Waals surface area contributed by atoms with Crippen molar-refractivity contribution < 1.29 is 14.3 Å². The first kappa shape index (κ1) is 13.1. The molecular formula is C15H15NO3. The molecule has 1 aromatic carbocycles. The van der Waals surface area contributed by atoms with E-state index in [9.17, 15) is 4.79 Å². The van der Waals surface area contributed by atoms with E-state index in [1.807, 2.05) is 31.2 Å². The normalized spacial score (nSPS) is 10.1. The van der Waals surface area contributed by atoms with Crippen LogP contribution < -0.4 is 9.47 Å². The molecule has 0 fully saturated rings. The van der Waals surface area contributed by atoms with E-state index < -0.39 is 0 Å². The summed E-state index contributed by atoms with van der Waals surface area (Å²) in [5, 5.41) is 0. The van der Waals surface area contributed by atoms with Crippen LogP contribution in [0.3, 0.4) is 0 Å². The third-order valence-corrected chi connectivity index (χ3v) is 2.93. The van der Waals surface area contributed by atoms with Crippen LogP contribution in [-0.4, -0.2) is 25.5 Å². The van der Waals surface area contributed by atoms with Gasteiger partial charge in [0.1, 0.15) is 0 Å². The Bertz CT molecular complexity index is 608. The molecule has 0 N–H and O–H groups in total. The van der Waals surface area contributed by atoms with Gasteiger partial charge in [0, 0.05) is 16.8 Å². The van der Waals surface area contributed by atoms with Crippen molar-refractivity contribution in [2.45, 2.75) is 6.92 Å². The van der Waals surface area contributed by atoms with E-state index in [2.05, 4.69) is 4.98 Å². The molecule has 2 rings (SSSR count). The number of pyridine rings is 1. The number of methoxy groups -OCH3 is 2. The number of hydrogen-bond donors (Lipinski definition) is 0. The number of ether oxygens (including phenoxy) is 2. The number of nitrogens with zero attached hydrogens (tertiary/aromatic N) is 1. The van der Waals surface area contributed by atoms with Gasteiger partial charge in [-0.05, 0) is 37.3 Å². The van der Waals surface area contributed by atoms with E-state index >= 15 is 0 Å². The van der Waals surface area contributed by atoms with Gasteiger partial charge in [0.15, 0.2) is 17.8 Å². The standard InChI is InChI=1S/C15H15NO3/c1-10-12(9-17)4-6-13(16-10)11-5-7-14(18-2)15(8-11)19-3/h4-9H,1-3H3. The minimum Gasteiger partial charge on any atom is -0.493 e. The van der Waals surface area contributed by atoms with Crippen molar-refractivity contribution in [1.29, 1.82) is 0 Å². The first-order chi connectivity index (χ1) is 9.19. The molecule has 0 bridgehead atoms. The molecule has 0 saturated carbocycles. The van der Waals surface area contributed by atoms with Crippen LogP contribution in [0.15, 0.2) is 30.3 Å². The highest BCUT2D eigenvalue weighted by atomic mass is 16.5. The minimum absolute atomic E-state index is 0.601. The smallest absolute Gasteiger partial charge is 0.161 e. The second-order valence-corrected chi connectivity index (χ2v) is 4.06. The highest BCUT2D eigenvalue weighted by Gasteiger charge is 2.08. The highest BCUT2D eigenvalue weighted by Crippen LogP contribution is 2.31. The SMILES string of the molecule is COc1ccc(-c2ccc(C=O)c(C)n2)cc1OC. The first-order valence-electron chi connectivity index (χ1n) is 5.85. The van der Waals surface area contributed by atoms with E-state index in [-0.39, 0.29) is 0 Å². The van der Waals surface area contributed by atoms with Crippen molar-refractivity contribution in [3.63, 3.8) is 0 Å². The van der Waals surface area contributed by atoms with Gasteiger partial charge in [-0.2, -0.15) is 0 Å². The van der Waals surface area contributed by atoms with Crippen LogP contribution in [-0.2, 0) is 0 Å². The molecule has 2 aromatic rings. The lowest BCUT2D eigenvalue weighted by Crippen LogP contribution is -1.95. The number of hydrogen-bond acceptors (Lipinski definition) is 4. The fourth-order valence-electron chi connectivity index (χ4n) is 1.85. The van der Waals surface area contributed by atoms with Crippen molar-refractivity contribution in [2.24, 2.45) is 0 Å². The Kier molecular flexibility index (Phi) is 3.80. The molecular weight excluding hydrogens is 242 g/mol. The predicted molar refractivity (Wildman–Crippen MR) is 72.9 cm³/mol. The quantitative estimate of drug-likeness (QED) is 0.790. The molecule has 0 aliphatic rings. The largest absolute Gasteiger partial charge is 0.493 e. The van der Waals surface area contributed by atoms with Gasteiger partial charge in [-0.15, -0.1) is 0 Å². The van der Waals surface area contributed by atoms with E-state index in [1.165, 1.54) is 0 Å². The maximum atomic E-state index is 10.8.